The Bertz CT molecular complexity index is 441. The average molecular weight is 394 g/mol. The molecule has 0 fully saturated rings. The van der Waals surface area contributed by atoms with Crippen molar-refractivity contribution in [3.63, 3.8) is 0 Å². The Morgan fingerprint density at radius 3 is 1.21 bits per heavy atom. The molecule has 2 N–H and O–H groups in total. The highest BCUT2D eigenvalue weighted by molar-refractivity contribution is 5.10. The first kappa shape index (κ1) is 23.0. The normalized spacial score (nSPS) is 17.1. The fourth-order valence-electron chi connectivity index (χ4n) is 1.29. The van der Waals surface area contributed by atoms with Gasteiger partial charge in [0, 0.05) is 6.42 Å². The summed E-state index contributed by atoms with van der Waals surface area (Å²) in [5.41, 5.74) is 0. The van der Waals surface area contributed by atoms with Gasteiger partial charge in [-0.2, -0.15) is 57.1 Å². The van der Waals surface area contributed by atoms with Crippen molar-refractivity contribution in [2.24, 2.45) is 0 Å². The van der Waals surface area contributed by atoms with Gasteiger partial charge in [0.15, 0.2) is 0 Å². The summed E-state index contributed by atoms with van der Waals surface area (Å²) in [6, 6.07) is 0. The van der Waals surface area contributed by atoms with Crippen molar-refractivity contribution < 1.29 is 67.3 Å². The number of hydrogen-bond acceptors (Lipinski definition) is 2. The monoisotopic (exact) mass is 394 g/mol. The predicted molar refractivity (Wildman–Crippen MR) is 48.5 cm³/mol. The zero-order valence-electron chi connectivity index (χ0n) is 10.8. The lowest BCUT2D eigenvalue weighted by atomic mass is 9.91. The van der Waals surface area contributed by atoms with Gasteiger partial charge in [0.05, 0.1) is 12.7 Å². The molecule has 0 unspecified atom stereocenters. The van der Waals surface area contributed by atoms with E-state index in [1.165, 1.54) is 0 Å². The molecule has 0 aromatic rings. The Balaban J connectivity index is 6.11. The Morgan fingerprint density at radius 2 is 0.917 bits per heavy atom. The summed E-state index contributed by atoms with van der Waals surface area (Å²) in [6.07, 6.45) is -13.2. The van der Waals surface area contributed by atoms with Gasteiger partial charge in [-0.05, 0) is 0 Å². The van der Waals surface area contributed by atoms with Crippen molar-refractivity contribution in [2.45, 2.75) is 48.3 Å². The molecule has 0 spiro atoms. The van der Waals surface area contributed by atoms with Gasteiger partial charge in [0.2, 0.25) is 0 Å². The average Bonchev–Trinajstić information content (AvgIpc) is 2.35. The fraction of sp³-hybridized carbons (Fsp3) is 1.00. The topological polar surface area (TPSA) is 40.5 Å². The summed E-state index contributed by atoms with van der Waals surface area (Å²) in [5.74, 6) is -37.4. The van der Waals surface area contributed by atoms with Crippen LogP contribution in [0.3, 0.4) is 0 Å². The molecule has 0 saturated carbocycles. The molecular formula is C9H7F13O2. The first-order valence-electron chi connectivity index (χ1n) is 5.45. The van der Waals surface area contributed by atoms with Crippen LogP contribution in [-0.4, -0.2) is 58.7 Å². The van der Waals surface area contributed by atoms with E-state index in [1.807, 2.05) is 0 Å². The second kappa shape index (κ2) is 6.07. The summed E-state index contributed by atoms with van der Waals surface area (Å²) in [4.78, 5) is 0. The van der Waals surface area contributed by atoms with E-state index in [0.29, 0.717) is 0 Å². The Morgan fingerprint density at radius 1 is 0.583 bits per heavy atom. The van der Waals surface area contributed by atoms with Crippen LogP contribution in [0.15, 0.2) is 0 Å². The van der Waals surface area contributed by atoms with Gasteiger partial charge in [-0.15, -0.1) is 0 Å². The number of aliphatic hydroxyl groups is 2. The summed E-state index contributed by atoms with van der Waals surface area (Å²) >= 11 is 0. The third-order valence-electron chi connectivity index (χ3n) is 2.70. The van der Waals surface area contributed by atoms with Crippen LogP contribution in [0.4, 0.5) is 57.1 Å². The zero-order valence-corrected chi connectivity index (χ0v) is 10.8. The van der Waals surface area contributed by atoms with E-state index in [0.717, 1.165) is 0 Å². The molecule has 0 amide bonds. The van der Waals surface area contributed by atoms with Crippen LogP contribution < -0.4 is 0 Å². The molecule has 0 aliphatic rings. The fourth-order valence-corrected chi connectivity index (χ4v) is 1.29. The largest absolute Gasteiger partial charge is 0.460 e. The van der Waals surface area contributed by atoms with Crippen molar-refractivity contribution >= 4 is 0 Å². The summed E-state index contributed by atoms with van der Waals surface area (Å²) in [6.45, 7) is -1.74. The first-order valence-corrected chi connectivity index (χ1v) is 5.45. The molecule has 0 radical (unpaired) electrons. The molecule has 0 aliphatic heterocycles. The van der Waals surface area contributed by atoms with E-state index in [4.69, 9.17) is 10.2 Å². The highest BCUT2D eigenvalue weighted by atomic mass is 19.4. The third-order valence-corrected chi connectivity index (χ3v) is 2.70. The van der Waals surface area contributed by atoms with E-state index in [2.05, 4.69) is 0 Å². The van der Waals surface area contributed by atoms with E-state index in [-0.39, 0.29) is 0 Å². The maximum Gasteiger partial charge on any atom is 0.460 e. The minimum atomic E-state index is -7.96. The second-order valence-corrected chi connectivity index (χ2v) is 4.54. The van der Waals surface area contributed by atoms with Gasteiger partial charge >= 0.3 is 35.8 Å². The summed E-state index contributed by atoms with van der Waals surface area (Å²) < 4.78 is 164. The molecule has 0 aliphatic carbocycles. The van der Waals surface area contributed by atoms with Crippen molar-refractivity contribution in [2.75, 3.05) is 6.61 Å². The van der Waals surface area contributed by atoms with Crippen molar-refractivity contribution in [3.8, 4) is 0 Å². The van der Waals surface area contributed by atoms with E-state index in [1.54, 1.807) is 0 Å². The number of alkyl halides is 13. The zero-order chi connectivity index (χ0) is 20.0. The van der Waals surface area contributed by atoms with E-state index < -0.39 is 54.9 Å². The smallest absolute Gasteiger partial charge is 0.394 e. The lowest BCUT2D eigenvalue weighted by Gasteiger charge is -2.40. The molecule has 146 valence electrons. The quantitative estimate of drug-likeness (QED) is 0.650. The molecule has 2 nitrogen and oxygen atoms in total. The van der Waals surface area contributed by atoms with Crippen LogP contribution in [0.2, 0.25) is 0 Å². The van der Waals surface area contributed by atoms with Gasteiger partial charge in [-0.1, -0.05) is 0 Å². The maximum absolute atomic E-state index is 13.0. The highest BCUT2D eigenvalue weighted by Crippen LogP contribution is 2.60. The van der Waals surface area contributed by atoms with Crippen LogP contribution >= 0.6 is 0 Å². The van der Waals surface area contributed by atoms with Crippen LogP contribution in [-0.2, 0) is 0 Å². The van der Waals surface area contributed by atoms with Crippen LogP contribution in [0.1, 0.15) is 6.42 Å². The number of halogens is 13. The van der Waals surface area contributed by atoms with Gasteiger partial charge in [-0.3, -0.25) is 0 Å². The lowest BCUT2D eigenvalue weighted by molar-refractivity contribution is -0.440. The lowest BCUT2D eigenvalue weighted by Crippen LogP contribution is -2.70. The standard InChI is InChI=1S/C9H7F13O2/c10-4(11,1-3(24)2-23)5(12,13)6(14,15)7(16,17)8(18,19)9(20,21)22/h3,23-24H,1-2H2/t3-/m1/s1. The first-order chi connectivity index (χ1) is 10.2. The Kier molecular flexibility index (Phi) is 5.82. The maximum atomic E-state index is 13.0. The predicted octanol–water partition coefficient (Wildman–Crippen LogP) is 3.47. The minimum Gasteiger partial charge on any atom is -0.394 e. The van der Waals surface area contributed by atoms with Gasteiger partial charge in [0.1, 0.15) is 0 Å². The molecular weight excluding hydrogens is 387 g/mol. The molecule has 15 heteroatoms. The Labute approximate surface area is 123 Å². The van der Waals surface area contributed by atoms with Crippen molar-refractivity contribution in [3.05, 3.63) is 0 Å². The molecule has 0 saturated heterocycles. The van der Waals surface area contributed by atoms with Gasteiger partial charge in [0.25, 0.3) is 0 Å². The SMILES string of the molecule is OC[C@H](O)CC(F)(F)C(F)(F)C(F)(F)C(F)(F)C(F)(F)C(F)(F)F. The van der Waals surface area contributed by atoms with Gasteiger partial charge < -0.3 is 10.2 Å². The molecule has 0 bridgehead atoms. The Hall–Kier alpha value is -0.990. The van der Waals surface area contributed by atoms with Crippen LogP contribution in [0.5, 0.6) is 0 Å². The molecule has 0 aromatic carbocycles. The second-order valence-electron chi connectivity index (χ2n) is 4.54. The van der Waals surface area contributed by atoms with E-state index in [9.17, 15) is 57.1 Å². The summed E-state index contributed by atoms with van der Waals surface area (Å²) in [5, 5.41) is 16.6. The highest BCUT2D eigenvalue weighted by Gasteiger charge is 2.90. The molecule has 0 aromatic heterocycles. The number of aliphatic hydroxyl groups excluding tert-OH is 2. The van der Waals surface area contributed by atoms with E-state index >= 15 is 0 Å². The van der Waals surface area contributed by atoms with Gasteiger partial charge in [-0.25, -0.2) is 0 Å². The number of hydrogen-bond donors (Lipinski definition) is 2. The van der Waals surface area contributed by atoms with Crippen molar-refractivity contribution in [1.29, 1.82) is 0 Å². The third kappa shape index (κ3) is 3.23. The van der Waals surface area contributed by atoms with Crippen molar-refractivity contribution in [1.82, 2.24) is 0 Å². The number of rotatable bonds is 7. The minimum absolute atomic E-state index is 1.74. The molecule has 0 rings (SSSR count). The van der Waals surface area contributed by atoms with Crippen LogP contribution in [0, 0.1) is 0 Å². The summed E-state index contributed by atoms with van der Waals surface area (Å²) in [7, 11) is 0. The molecule has 24 heavy (non-hydrogen) atoms. The van der Waals surface area contributed by atoms with Crippen LogP contribution in [0.25, 0.3) is 0 Å². The molecule has 1 atom stereocenters. The molecule has 0 heterocycles.